The zero-order valence-electron chi connectivity index (χ0n) is 11.3. The molecule has 1 aromatic carbocycles. The molecule has 1 saturated heterocycles. The highest BCUT2D eigenvalue weighted by molar-refractivity contribution is 6.32. The van der Waals surface area contributed by atoms with Gasteiger partial charge in [0, 0.05) is 31.2 Å². The molecule has 0 atom stereocenters. The molecule has 0 spiro atoms. The summed E-state index contributed by atoms with van der Waals surface area (Å²) in [6.07, 6.45) is 1.07. The Labute approximate surface area is 126 Å². The van der Waals surface area contributed by atoms with Gasteiger partial charge in [-0.25, -0.2) is 4.39 Å². The molecule has 1 heterocycles. The minimum atomic E-state index is -3.87. The van der Waals surface area contributed by atoms with Crippen LogP contribution >= 0.6 is 11.6 Å². The van der Waals surface area contributed by atoms with Crippen molar-refractivity contribution in [1.82, 2.24) is 10.2 Å². The van der Waals surface area contributed by atoms with Gasteiger partial charge >= 0.3 is 11.3 Å². The first-order valence-corrected chi connectivity index (χ1v) is 7.07. The average Bonchev–Trinajstić information content (AvgIpc) is 2.42. The summed E-state index contributed by atoms with van der Waals surface area (Å²) in [5, 5.41) is -1.64. The lowest BCUT2D eigenvalue weighted by Crippen LogP contribution is -2.48. The van der Waals surface area contributed by atoms with Crippen molar-refractivity contribution in [3.05, 3.63) is 35.6 Å². The van der Waals surface area contributed by atoms with Crippen LogP contribution in [0.25, 0.3) is 0 Å². The van der Waals surface area contributed by atoms with E-state index in [4.69, 9.17) is 0 Å². The second-order valence-electron chi connectivity index (χ2n) is 5.11. The van der Waals surface area contributed by atoms with E-state index >= 15 is 0 Å². The first-order valence-electron chi connectivity index (χ1n) is 6.69. The summed E-state index contributed by atoms with van der Waals surface area (Å²) in [6, 6.07) is 6.21. The molecule has 0 aliphatic carbocycles. The first-order chi connectivity index (χ1) is 9.86. The number of carbonyl (C=O) groups is 1. The summed E-state index contributed by atoms with van der Waals surface area (Å²) < 4.78 is 38.7. The molecule has 1 aromatic rings. The largest absolute Gasteiger partial charge is 0.399 e. The van der Waals surface area contributed by atoms with Gasteiger partial charge in [0.25, 0.3) is 0 Å². The van der Waals surface area contributed by atoms with E-state index in [1.54, 1.807) is 18.2 Å². The fourth-order valence-electron chi connectivity index (χ4n) is 2.37. The number of piperidine rings is 1. The summed E-state index contributed by atoms with van der Waals surface area (Å²) in [6.45, 7) is 1.68. The van der Waals surface area contributed by atoms with Crippen LogP contribution in [0.4, 0.5) is 13.2 Å². The SMILES string of the molecule is O=C(NC1CCN(Cc2ccccc2F)CC1)C(F)(F)Cl. The number of hydrogen-bond donors (Lipinski definition) is 1. The third kappa shape index (κ3) is 4.61. The molecule has 0 unspecified atom stereocenters. The number of hydrogen-bond acceptors (Lipinski definition) is 2. The lowest BCUT2D eigenvalue weighted by atomic mass is 10.0. The number of benzene rings is 1. The van der Waals surface area contributed by atoms with Gasteiger partial charge in [-0.1, -0.05) is 18.2 Å². The monoisotopic (exact) mass is 320 g/mol. The van der Waals surface area contributed by atoms with Crippen LogP contribution in [0.2, 0.25) is 0 Å². The summed E-state index contributed by atoms with van der Waals surface area (Å²) in [5.74, 6) is -1.72. The molecular weight excluding hydrogens is 305 g/mol. The molecule has 1 aliphatic rings. The topological polar surface area (TPSA) is 32.3 Å². The number of carbonyl (C=O) groups excluding carboxylic acids is 1. The standard InChI is InChI=1S/C14H16ClF3N2O/c15-14(17,18)13(21)19-11-5-7-20(8-6-11)9-10-3-1-2-4-12(10)16/h1-4,11H,5-9H2,(H,19,21). The zero-order valence-corrected chi connectivity index (χ0v) is 12.0. The Bertz CT molecular complexity index is 499. The van der Waals surface area contributed by atoms with E-state index in [1.807, 2.05) is 4.90 Å². The van der Waals surface area contributed by atoms with Gasteiger partial charge in [-0.05, 0) is 30.5 Å². The van der Waals surface area contributed by atoms with E-state index in [0.717, 1.165) is 0 Å². The number of nitrogens with one attached hydrogen (secondary N) is 1. The fourth-order valence-corrected chi connectivity index (χ4v) is 2.42. The molecule has 7 heteroatoms. The molecular formula is C14H16ClF3N2O. The number of likely N-dealkylation sites (tertiary alicyclic amines) is 1. The number of alkyl halides is 3. The number of amides is 1. The molecule has 0 saturated carbocycles. The van der Waals surface area contributed by atoms with Gasteiger partial charge < -0.3 is 5.32 Å². The highest BCUT2D eigenvalue weighted by Crippen LogP contribution is 2.21. The van der Waals surface area contributed by atoms with Gasteiger partial charge in [0.05, 0.1) is 0 Å². The molecule has 1 fully saturated rings. The lowest BCUT2D eigenvalue weighted by Gasteiger charge is -2.32. The highest BCUT2D eigenvalue weighted by atomic mass is 35.5. The molecule has 2 rings (SSSR count). The average molecular weight is 321 g/mol. The van der Waals surface area contributed by atoms with Crippen LogP contribution in [-0.4, -0.2) is 35.3 Å². The van der Waals surface area contributed by atoms with Crippen LogP contribution in [0.5, 0.6) is 0 Å². The number of halogens is 4. The second-order valence-corrected chi connectivity index (χ2v) is 5.59. The van der Waals surface area contributed by atoms with E-state index < -0.39 is 11.3 Å². The third-order valence-electron chi connectivity index (χ3n) is 3.53. The highest BCUT2D eigenvalue weighted by Gasteiger charge is 2.37. The Balaban J connectivity index is 1.81. The van der Waals surface area contributed by atoms with Gasteiger partial charge in [0.1, 0.15) is 5.82 Å². The van der Waals surface area contributed by atoms with E-state index in [0.29, 0.717) is 38.0 Å². The number of nitrogens with zero attached hydrogens (tertiary/aromatic N) is 1. The minimum absolute atomic E-state index is 0.255. The summed E-state index contributed by atoms with van der Waals surface area (Å²) in [7, 11) is 0. The van der Waals surface area contributed by atoms with Crippen LogP contribution in [-0.2, 0) is 11.3 Å². The van der Waals surface area contributed by atoms with Gasteiger partial charge in [0.15, 0.2) is 0 Å². The maximum Gasteiger partial charge on any atom is 0.399 e. The zero-order chi connectivity index (χ0) is 15.5. The predicted octanol–water partition coefficient (Wildman–Crippen LogP) is 2.74. The van der Waals surface area contributed by atoms with Crippen LogP contribution < -0.4 is 5.32 Å². The van der Waals surface area contributed by atoms with Crippen LogP contribution in [0, 0.1) is 5.82 Å². The molecule has 1 amide bonds. The maximum atomic E-state index is 13.5. The smallest absolute Gasteiger partial charge is 0.347 e. The van der Waals surface area contributed by atoms with E-state index in [2.05, 4.69) is 16.9 Å². The minimum Gasteiger partial charge on any atom is -0.347 e. The molecule has 0 bridgehead atoms. The first kappa shape index (κ1) is 16.1. The summed E-state index contributed by atoms with van der Waals surface area (Å²) >= 11 is 4.66. The third-order valence-corrected chi connectivity index (χ3v) is 3.70. The lowest BCUT2D eigenvalue weighted by molar-refractivity contribution is -0.136. The van der Waals surface area contributed by atoms with Crippen molar-refractivity contribution in [2.45, 2.75) is 30.8 Å². The van der Waals surface area contributed by atoms with Gasteiger partial charge in [-0.3, -0.25) is 9.69 Å². The van der Waals surface area contributed by atoms with E-state index in [1.165, 1.54) is 6.07 Å². The predicted molar refractivity (Wildman–Crippen MR) is 73.6 cm³/mol. The summed E-state index contributed by atoms with van der Waals surface area (Å²) in [5.41, 5.74) is 0.604. The van der Waals surface area contributed by atoms with E-state index in [9.17, 15) is 18.0 Å². The van der Waals surface area contributed by atoms with Crippen molar-refractivity contribution in [3.63, 3.8) is 0 Å². The fraction of sp³-hybridized carbons (Fsp3) is 0.500. The van der Waals surface area contributed by atoms with Crippen molar-refractivity contribution in [3.8, 4) is 0 Å². The second kappa shape index (κ2) is 6.66. The molecule has 21 heavy (non-hydrogen) atoms. The van der Waals surface area contributed by atoms with Crippen LogP contribution in [0.3, 0.4) is 0 Å². The molecule has 0 aromatic heterocycles. The van der Waals surface area contributed by atoms with Crippen LogP contribution in [0.15, 0.2) is 24.3 Å². The van der Waals surface area contributed by atoms with Crippen molar-refractivity contribution in [2.75, 3.05) is 13.1 Å². The molecule has 1 N–H and O–H groups in total. The van der Waals surface area contributed by atoms with Gasteiger partial charge in [-0.15, -0.1) is 0 Å². The normalized spacial score (nSPS) is 17.7. The maximum absolute atomic E-state index is 13.5. The van der Waals surface area contributed by atoms with Gasteiger partial charge in [0.2, 0.25) is 0 Å². The Hall–Kier alpha value is -1.27. The van der Waals surface area contributed by atoms with Crippen LogP contribution in [0.1, 0.15) is 18.4 Å². The molecule has 1 aliphatic heterocycles. The molecule has 116 valence electrons. The van der Waals surface area contributed by atoms with Crippen molar-refractivity contribution >= 4 is 17.5 Å². The Kier molecular flexibility index (Phi) is 5.11. The Morgan fingerprint density at radius 2 is 1.95 bits per heavy atom. The Morgan fingerprint density at radius 1 is 1.33 bits per heavy atom. The number of rotatable bonds is 4. The van der Waals surface area contributed by atoms with Crippen molar-refractivity contribution < 1.29 is 18.0 Å². The summed E-state index contributed by atoms with van der Waals surface area (Å²) in [4.78, 5) is 13.1. The van der Waals surface area contributed by atoms with Crippen molar-refractivity contribution in [1.29, 1.82) is 0 Å². The molecule has 0 radical (unpaired) electrons. The quantitative estimate of drug-likeness (QED) is 0.865. The van der Waals surface area contributed by atoms with Gasteiger partial charge in [-0.2, -0.15) is 8.78 Å². The Morgan fingerprint density at radius 3 is 2.52 bits per heavy atom. The molecule has 3 nitrogen and oxygen atoms in total. The van der Waals surface area contributed by atoms with E-state index in [-0.39, 0.29) is 11.9 Å². The van der Waals surface area contributed by atoms with Crippen molar-refractivity contribution in [2.24, 2.45) is 0 Å².